The highest BCUT2D eigenvalue weighted by Crippen LogP contribution is 2.24. The summed E-state index contributed by atoms with van der Waals surface area (Å²) in [7, 11) is 0. The number of carbonyl (C=O) groups is 1. The summed E-state index contributed by atoms with van der Waals surface area (Å²) >= 11 is 1.97. The zero-order chi connectivity index (χ0) is 15.5. The van der Waals surface area contributed by atoms with Crippen molar-refractivity contribution in [3.8, 4) is 0 Å². The quantitative estimate of drug-likeness (QED) is 0.835. The van der Waals surface area contributed by atoms with Gasteiger partial charge >= 0.3 is 0 Å². The largest absolute Gasteiger partial charge is 0.337 e. The molecule has 2 fully saturated rings. The van der Waals surface area contributed by atoms with E-state index in [0.717, 1.165) is 37.4 Å². The maximum Gasteiger partial charge on any atom is 0.259 e. The first kappa shape index (κ1) is 15.7. The van der Waals surface area contributed by atoms with Crippen LogP contribution in [0.4, 0.5) is 8.78 Å². The van der Waals surface area contributed by atoms with E-state index in [1.807, 2.05) is 11.8 Å². The molecule has 0 aliphatic carbocycles. The third kappa shape index (κ3) is 3.27. The minimum Gasteiger partial charge on any atom is -0.337 e. The number of carbonyl (C=O) groups excluding carboxylic acids is 1. The van der Waals surface area contributed by atoms with E-state index in [-0.39, 0.29) is 0 Å². The molecule has 0 radical (unpaired) electrons. The van der Waals surface area contributed by atoms with Gasteiger partial charge in [0.15, 0.2) is 0 Å². The van der Waals surface area contributed by atoms with E-state index in [9.17, 15) is 13.6 Å². The van der Waals surface area contributed by atoms with Gasteiger partial charge in [0.1, 0.15) is 17.2 Å². The molecule has 1 unspecified atom stereocenters. The van der Waals surface area contributed by atoms with E-state index < -0.39 is 23.1 Å². The van der Waals surface area contributed by atoms with Gasteiger partial charge in [-0.1, -0.05) is 6.07 Å². The smallest absolute Gasteiger partial charge is 0.259 e. The molecule has 3 rings (SSSR count). The van der Waals surface area contributed by atoms with Gasteiger partial charge in [-0.05, 0) is 30.7 Å². The van der Waals surface area contributed by atoms with Crippen LogP contribution in [0.5, 0.6) is 0 Å². The van der Waals surface area contributed by atoms with Gasteiger partial charge in [0.2, 0.25) is 0 Å². The van der Waals surface area contributed by atoms with Gasteiger partial charge in [0.25, 0.3) is 5.91 Å². The summed E-state index contributed by atoms with van der Waals surface area (Å²) in [5.74, 6) is 0.259. The fourth-order valence-electron chi connectivity index (χ4n) is 3.18. The van der Waals surface area contributed by atoms with E-state index in [2.05, 4.69) is 4.90 Å². The van der Waals surface area contributed by atoms with Gasteiger partial charge in [-0.25, -0.2) is 8.78 Å². The molecule has 22 heavy (non-hydrogen) atoms. The Balaban J connectivity index is 1.69. The van der Waals surface area contributed by atoms with Gasteiger partial charge in [-0.3, -0.25) is 9.69 Å². The molecule has 1 aromatic rings. The molecule has 1 atom stereocenters. The first-order chi connectivity index (χ1) is 10.7. The van der Waals surface area contributed by atoms with Crippen molar-refractivity contribution >= 4 is 17.7 Å². The number of halogens is 2. The SMILES string of the molecule is O=C(c1c(F)cccc1F)N1CCCN(C2CCSC2)CC1. The molecule has 0 saturated carbocycles. The van der Waals surface area contributed by atoms with Gasteiger partial charge in [0.05, 0.1) is 0 Å². The minimum atomic E-state index is -0.779. The second kappa shape index (κ2) is 6.96. The average molecular weight is 326 g/mol. The van der Waals surface area contributed by atoms with Crippen LogP contribution >= 0.6 is 11.8 Å². The van der Waals surface area contributed by atoms with Crippen molar-refractivity contribution in [1.29, 1.82) is 0 Å². The van der Waals surface area contributed by atoms with Crippen LogP contribution in [0.2, 0.25) is 0 Å². The summed E-state index contributed by atoms with van der Waals surface area (Å²) in [6.07, 6.45) is 2.05. The molecule has 120 valence electrons. The molecule has 1 amide bonds. The van der Waals surface area contributed by atoms with Crippen molar-refractivity contribution in [3.05, 3.63) is 35.4 Å². The van der Waals surface area contributed by atoms with Gasteiger partial charge in [-0.15, -0.1) is 0 Å². The summed E-state index contributed by atoms with van der Waals surface area (Å²) in [4.78, 5) is 16.5. The lowest BCUT2D eigenvalue weighted by Crippen LogP contribution is -2.39. The fourth-order valence-corrected chi connectivity index (χ4v) is 4.43. The summed E-state index contributed by atoms with van der Waals surface area (Å²) in [5, 5.41) is 0. The van der Waals surface area contributed by atoms with Gasteiger partial charge < -0.3 is 4.90 Å². The monoisotopic (exact) mass is 326 g/mol. The maximum absolute atomic E-state index is 13.8. The second-order valence-electron chi connectivity index (χ2n) is 5.80. The molecule has 0 spiro atoms. The molecule has 2 saturated heterocycles. The number of benzene rings is 1. The third-order valence-corrected chi connectivity index (χ3v) is 5.56. The van der Waals surface area contributed by atoms with Crippen molar-refractivity contribution in [2.24, 2.45) is 0 Å². The standard InChI is InChI=1S/C16H20F2N2OS/c17-13-3-1-4-14(18)15(13)16(21)20-7-2-6-19(8-9-20)12-5-10-22-11-12/h1,3-4,12H,2,5-11H2. The molecule has 2 aliphatic heterocycles. The van der Waals surface area contributed by atoms with E-state index in [1.165, 1.54) is 18.2 Å². The van der Waals surface area contributed by atoms with E-state index in [1.54, 1.807) is 4.90 Å². The molecule has 0 bridgehead atoms. The van der Waals surface area contributed by atoms with Crippen molar-refractivity contribution < 1.29 is 13.6 Å². The summed E-state index contributed by atoms with van der Waals surface area (Å²) in [6.45, 7) is 2.83. The topological polar surface area (TPSA) is 23.6 Å². The minimum absolute atomic E-state index is 0.424. The first-order valence-electron chi connectivity index (χ1n) is 7.72. The molecule has 2 aliphatic rings. The average Bonchev–Trinajstić information content (AvgIpc) is 2.91. The zero-order valence-corrected chi connectivity index (χ0v) is 13.2. The van der Waals surface area contributed by atoms with Gasteiger partial charge in [0, 0.05) is 38.0 Å². The van der Waals surface area contributed by atoms with Crippen LogP contribution in [0, 0.1) is 11.6 Å². The Kier molecular flexibility index (Phi) is 4.98. The number of nitrogens with zero attached hydrogens (tertiary/aromatic N) is 2. The highest BCUT2D eigenvalue weighted by Gasteiger charge is 2.28. The number of hydrogen-bond acceptors (Lipinski definition) is 3. The molecule has 1 aromatic carbocycles. The van der Waals surface area contributed by atoms with Crippen molar-refractivity contribution in [2.75, 3.05) is 37.7 Å². The number of amides is 1. The lowest BCUT2D eigenvalue weighted by molar-refractivity contribution is 0.0749. The predicted molar refractivity (Wildman–Crippen MR) is 84.2 cm³/mol. The lowest BCUT2D eigenvalue weighted by atomic mass is 10.1. The van der Waals surface area contributed by atoms with Crippen LogP contribution in [-0.2, 0) is 0 Å². The van der Waals surface area contributed by atoms with Gasteiger partial charge in [-0.2, -0.15) is 11.8 Å². The molecule has 0 N–H and O–H groups in total. The Bertz CT molecular complexity index is 529. The normalized spacial score (nSPS) is 23.5. The van der Waals surface area contributed by atoms with Crippen molar-refractivity contribution in [2.45, 2.75) is 18.9 Å². The van der Waals surface area contributed by atoms with Crippen LogP contribution in [-0.4, -0.2) is 59.4 Å². The Hall–Kier alpha value is -1.14. The molecule has 3 nitrogen and oxygen atoms in total. The lowest BCUT2D eigenvalue weighted by Gasteiger charge is -2.26. The van der Waals surface area contributed by atoms with Crippen LogP contribution in [0.1, 0.15) is 23.2 Å². The third-order valence-electron chi connectivity index (χ3n) is 4.42. The predicted octanol–water partition coefficient (Wildman–Crippen LogP) is 2.62. The summed E-state index contributed by atoms with van der Waals surface area (Å²) < 4.78 is 27.6. The van der Waals surface area contributed by atoms with Crippen LogP contribution in [0.25, 0.3) is 0 Å². The summed E-state index contributed by atoms with van der Waals surface area (Å²) in [5.41, 5.74) is -0.424. The number of hydrogen-bond donors (Lipinski definition) is 0. The van der Waals surface area contributed by atoms with E-state index in [0.29, 0.717) is 19.1 Å². The van der Waals surface area contributed by atoms with Crippen LogP contribution in [0.3, 0.4) is 0 Å². The molecule has 6 heteroatoms. The first-order valence-corrected chi connectivity index (χ1v) is 8.87. The van der Waals surface area contributed by atoms with Crippen molar-refractivity contribution in [3.63, 3.8) is 0 Å². The Morgan fingerprint density at radius 3 is 2.59 bits per heavy atom. The Morgan fingerprint density at radius 2 is 1.91 bits per heavy atom. The Labute approximate surface area is 133 Å². The number of rotatable bonds is 2. The van der Waals surface area contributed by atoms with Crippen LogP contribution < -0.4 is 0 Å². The maximum atomic E-state index is 13.8. The van der Waals surface area contributed by atoms with Crippen molar-refractivity contribution in [1.82, 2.24) is 9.80 Å². The second-order valence-corrected chi connectivity index (χ2v) is 6.95. The van der Waals surface area contributed by atoms with E-state index in [4.69, 9.17) is 0 Å². The highest BCUT2D eigenvalue weighted by atomic mass is 32.2. The molecule has 0 aromatic heterocycles. The number of thioether (sulfide) groups is 1. The molecule has 2 heterocycles. The molecular formula is C16H20F2N2OS. The summed E-state index contributed by atoms with van der Waals surface area (Å²) in [6, 6.07) is 4.14. The molecular weight excluding hydrogens is 306 g/mol. The highest BCUT2D eigenvalue weighted by molar-refractivity contribution is 7.99. The Morgan fingerprint density at radius 1 is 1.14 bits per heavy atom. The van der Waals surface area contributed by atoms with E-state index >= 15 is 0 Å². The van der Waals surface area contributed by atoms with Crippen LogP contribution in [0.15, 0.2) is 18.2 Å². The zero-order valence-electron chi connectivity index (χ0n) is 12.4. The fraction of sp³-hybridized carbons (Fsp3) is 0.562.